The Hall–Kier alpha value is -2.19. The molecule has 8 heteroatoms. The van der Waals surface area contributed by atoms with Crippen molar-refractivity contribution in [3.8, 4) is 0 Å². The van der Waals surface area contributed by atoms with Gasteiger partial charge < -0.3 is 10.1 Å². The number of nitrogens with zero attached hydrogens (tertiary/aromatic N) is 3. The van der Waals surface area contributed by atoms with Gasteiger partial charge in [0.05, 0.1) is 25.3 Å². The van der Waals surface area contributed by atoms with Gasteiger partial charge in [-0.15, -0.1) is 11.3 Å². The standard InChI is InChI=1S/C23H27ClN4O2S/c24-20-4-2-18(3-5-20)16-22(29)28(11-1-10-27-12-14-30-15-13-27)23-26-21(17-31-23)19-6-8-25-9-7-19/h2-8,17,25H,1,9-16H2. The summed E-state index contributed by atoms with van der Waals surface area (Å²) < 4.78 is 5.43. The molecule has 1 saturated heterocycles. The first-order chi connectivity index (χ1) is 15.2. The van der Waals surface area contributed by atoms with E-state index in [1.54, 1.807) is 0 Å². The highest BCUT2D eigenvalue weighted by Crippen LogP contribution is 2.27. The van der Waals surface area contributed by atoms with E-state index >= 15 is 0 Å². The van der Waals surface area contributed by atoms with Crippen molar-refractivity contribution >= 4 is 39.5 Å². The van der Waals surface area contributed by atoms with E-state index in [-0.39, 0.29) is 5.91 Å². The number of allylic oxidation sites excluding steroid dienone is 2. The van der Waals surface area contributed by atoms with Crippen molar-refractivity contribution in [3.05, 3.63) is 64.3 Å². The molecule has 1 aromatic heterocycles. The Bertz CT molecular complexity index is 935. The van der Waals surface area contributed by atoms with Gasteiger partial charge in [-0.05, 0) is 36.4 Å². The smallest absolute Gasteiger partial charge is 0.233 e. The molecule has 0 radical (unpaired) electrons. The monoisotopic (exact) mass is 458 g/mol. The van der Waals surface area contributed by atoms with Gasteiger partial charge in [0.15, 0.2) is 5.13 Å². The van der Waals surface area contributed by atoms with Crippen molar-refractivity contribution in [2.45, 2.75) is 12.8 Å². The maximum atomic E-state index is 13.3. The highest BCUT2D eigenvalue weighted by molar-refractivity contribution is 7.14. The topological polar surface area (TPSA) is 57.7 Å². The highest BCUT2D eigenvalue weighted by Gasteiger charge is 2.21. The second kappa shape index (κ2) is 10.9. The minimum absolute atomic E-state index is 0.0556. The SMILES string of the molecule is O=C(Cc1ccc(Cl)cc1)N(CCCN1CCOCC1)c1nc(C2=CCNC=C2)cs1. The Morgan fingerprint density at radius 2 is 2.06 bits per heavy atom. The van der Waals surface area contributed by atoms with E-state index in [9.17, 15) is 4.79 Å². The summed E-state index contributed by atoms with van der Waals surface area (Å²) in [7, 11) is 0. The van der Waals surface area contributed by atoms with Crippen LogP contribution in [0.25, 0.3) is 5.57 Å². The second-order valence-electron chi connectivity index (χ2n) is 7.57. The lowest BCUT2D eigenvalue weighted by Crippen LogP contribution is -2.39. The fourth-order valence-corrected chi connectivity index (χ4v) is 4.64. The van der Waals surface area contributed by atoms with Gasteiger partial charge in [0.1, 0.15) is 0 Å². The molecule has 0 saturated carbocycles. The lowest BCUT2D eigenvalue weighted by atomic mass is 10.1. The van der Waals surface area contributed by atoms with Crippen LogP contribution in [0.4, 0.5) is 5.13 Å². The third-order valence-corrected chi connectivity index (χ3v) is 6.48. The predicted octanol–water partition coefficient (Wildman–Crippen LogP) is 3.59. The summed E-state index contributed by atoms with van der Waals surface area (Å²) in [5.74, 6) is 0.0556. The number of halogens is 1. The number of thiazole rings is 1. The Labute approximate surface area is 192 Å². The van der Waals surface area contributed by atoms with Crippen LogP contribution in [0.2, 0.25) is 5.02 Å². The third-order valence-electron chi connectivity index (χ3n) is 5.37. The quantitative estimate of drug-likeness (QED) is 0.655. The molecule has 2 aromatic rings. The average Bonchev–Trinajstić information content (AvgIpc) is 3.29. The fourth-order valence-electron chi connectivity index (χ4n) is 3.64. The minimum Gasteiger partial charge on any atom is -0.387 e. The zero-order valence-electron chi connectivity index (χ0n) is 17.4. The van der Waals surface area contributed by atoms with E-state index < -0.39 is 0 Å². The van der Waals surface area contributed by atoms with Crippen molar-refractivity contribution in [1.82, 2.24) is 15.2 Å². The van der Waals surface area contributed by atoms with Gasteiger partial charge in [-0.25, -0.2) is 4.98 Å². The Balaban J connectivity index is 1.46. The largest absolute Gasteiger partial charge is 0.387 e. The number of carbonyl (C=O) groups excluding carboxylic acids is 1. The molecule has 2 aliphatic rings. The molecular formula is C23H27ClN4O2S. The van der Waals surface area contributed by atoms with Gasteiger partial charge in [0, 0.05) is 48.7 Å². The van der Waals surface area contributed by atoms with E-state index in [1.165, 1.54) is 11.3 Å². The summed E-state index contributed by atoms with van der Waals surface area (Å²) in [6.45, 7) is 5.86. The second-order valence-corrected chi connectivity index (χ2v) is 8.85. The van der Waals surface area contributed by atoms with Crippen LogP contribution in [-0.2, 0) is 16.0 Å². The molecule has 6 nitrogen and oxygen atoms in total. The molecule has 0 unspecified atom stereocenters. The number of carbonyl (C=O) groups is 1. The normalized spacial score (nSPS) is 16.6. The van der Waals surface area contributed by atoms with Crippen LogP contribution in [0.1, 0.15) is 17.7 Å². The Morgan fingerprint density at radius 1 is 1.26 bits per heavy atom. The molecule has 1 N–H and O–H groups in total. The van der Waals surface area contributed by atoms with Crippen LogP contribution in [0, 0.1) is 0 Å². The summed E-state index contributed by atoms with van der Waals surface area (Å²) >= 11 is 7.52. The zero-order valence-corrected chi connectivity index (χ0v) is 19.0. The molecule has 2 aliphatic heterocycles. The number of ether oxygens (including phenoxy) is 1. The molecule has 1 amide bonds. The van der Waals surface area contributed by atoms with Gasteiger partial charge >= 0.3 is 0 Å². The lowest BCUT2D eigenvalue weighted by Gasteiger charge is -2.27. The number of morpholine rings is 1. The molecule has 0 atom stereocenters. The number of hydrogen-bond donors (Lipinski definition) is 1. The van der Waals surface area contributed by atoms with E-state index in [0.717, 1.165) is 67.8 Å². The Kier molecular flexibility index (Phi) is 7.75. The number of anilines is 1. The molecule has 3 heterocycles. The minimum atomic E-state index is 0.0556. The van der Waals surface area contributed by atoms with Gasteiger partial charge in [-0.1, -0.05) is 29.8 Å². The van der Waals surface area contributed by atoms with E-state index in [4.69, 9.17) is 21.3 Å². The summed E-state index contributed by atoms with van der Waals surface area (Å²) in [6, 6.07) is 7.46. The zero-order chi connectivity index (χ0) is 21.5. The summed E-state index contributed by atoms with van der Waals surface area (Å²) in [5, 5.41) is 6.61. The number of hydrogen-bond acceptors (Lipinski definition) is 6. The third kappa shape index (κ3) is 6.17. The molecule has 1 fully saturated rings. The maximum absolute atomic E-state index is 13.3. The molecule has 1 aromatic carbocycles. The van der Waals surface area contributed by atoms with Gasteiger partial charge in [-0.2, -0.15) is 0 Å². The van der Waals surface area contributed by atoms with Gasteiger partial charge in [0.2, 0.25) is 5.91 Å². The maximum Gasteiger partial charge on any atom is 0.233 e. The van der Waals surface area contributed by atoms with Crippen molar-refractivity contribution in [3.63, 3.8) is 0 Å². The summed E-state index contributed by atoms with van der Waals surface area (Å²) in [4.78, 5) is 22.3. The van der Waals surface area contributed by atoms with Crippen LogP contribution < -0.4 is 10.2 Å². The van der Waals surface area contributed by atoms with Crippen molar-refractivity contribution in [1.29, 1.82) is 0 Å². The molecule has 4 rings (SSSR count). The first-order valence-electron chi connectivity index (χ1n) is 10.6. The van der Waals surface area contributed by atoms with Crippen LogP contribution in [0.15, 0.2) is 48.0 Å². The molecule has 31 heavy (non-hydrogen) atoms. The molecule has 0 spiro atoms. The van der Waals surface area contributed by atoms with Gasteiger partial charge in [-0.3, -0.25) is 14.6 Å². The molecule has 164 valence electrons. The number of rotatable bonds is 8. The fraction of sp³-hybridized carbons (Fsp3) is 0.391. The first kappa shape index (κ1) is 22.0. The van der Waals surface area contributed by atoms with Crippen molar-refractivity contribution in [2.75, 3.05) is 50.8 Å². The van der Waals surface area contributed by atoms with E-state index in [1.807, 2.05) is 46.8 Å². The number of benzene rings is 1. The number of dihydropyridines is 1. The molecular weight excluding hydrogens is 432 g/mol. The summed E-state index contributed by atoms with van der Waals surface area (Å²) in [6.07, 6.45) is 7.28. The van der Waals surface area contributed by atoms with E-state index in [2.05, 4.69) is 16.3 Å². The number of amides is 1. The van der Waals surface area contributed by atoms with Crippen LogP contribution in [0.3, 0.4) is 0 Å². The predicted molar refractivity (Wildman–Crippen MR) is 127 cm³/mol. The molecule has 0 aliphatic carbocycles. The number of nitrogens with one attached hydrogen (secondary N) is 1. The first-order valence-corrected chi connectivity index (χ1v) is 11.9. The van der Waals surface area contributed by atoms with Crippen molar-refractivity contribution in [2.24, 2.45) is 0 Å². The Morgan fingerprint density at radius 3 is 2.81 bits per heavy atom. The van der Waals surface area contributed by atoms with E-state index in [0.29, 0.717) is 18.0 Å². The molecule has 0 bridgehead atoms. The average molecular weight is 459 g/mol. The van der Waals surface area contributed by atoms with Crippen LogP contribution in [0.5, 0.6) is 0 Å². The van der Waals surface area contributed by atoms with Crippen LogP contribution >= 0.6 is 22.9 Å². The van der Waals surface area contributed by atoms with Crippen molar-refractivity contribution < 1.29 is 9.53 Å². The number of aromatic nitrogens is 1. The van der Waals surface area contributed by atoms with Crippen LogP contribution in [-0.4, -0.2) is 61.7 Å². The lowest BCUT2D eigenvalue weighted by molar-refractivity contribution is -0.118. The highest BCUT2D eigenvalue weighted by atomic mass is 35.5. The summed E-state index contributed by atoms with van der Waals surface area (Å²) in [5.41, 5.74) is 2.95. The van der Waals surface area contributed by atoms with Gasteiger partial charge in [0.25, 0.3) is 0 Å².